The molecule has 0 spiro atoms. The van der Waals surface area contributed by atoms with E-state index in [1.54, 1.807) is 42.5 Å². The molecule has 0 saturated carbocycles. The van der Waals surface area contributed by atoms with Gasteiger partial charge in [0.2, 0.25) is 0 Å². The number of aryl methyl sites for hydroxylation is 2. The molecule has 45 heavy (non-hydrogen) atoms. The van der Waals surface area contributed by atoms with E-state index < -0.39 is 17.4 Å². The van der Waals surface area contributed by atoms with Crippen LogP contribution in [0.25, 0.3) is 17.5 Å². The van der Waals surface area contributed by atoms with Crippen LogP contribution in [0.1, 0.15) is 28.2 Å². The molecule has 1 unspecified atom stereocenters. The van der Waals surface area contributed by atoms with Crippen LogP contribution in [0.15, 0.2) is 65.0 Å². The Morgan fingerprint density at radius 1 is 0.911 bits per heavy atom. The standard InChI is InChI=1S/C34H32N4O6S/c1-18-11-19(2)13-22(12-18)37-32(39)30-29(21-8-10-25(42-4)27(16-21)44-6)23(17-35)31(36)38-33(40)28(45-34(30)38)15-20-7-9-24(41-3)26(14-20)43-5/h7-16,29H,36H2,1-6H3,(H,37,39)/b28-15-. The second-order valence-electron chi connectivity index (χ2n) is 10.4. The molecule has 1 atom stereocenters. The lowest BCUT2D eigenvalue weighted by atomic mass is 9.83. The molecule has 230 valence electrons. The summed E-state index contributed by atoms with van der Waals surface area (Å²) < 4.78 is 23.6. The smallest absolute Gasteiger partial charge is 0.274 e. The second kappa shape index (κ2) is 12.6. The Morgan fingerprint density at radius 3 is 2.11 bits per heavy atom. The first-order valence-electron chi connectivity index (χ1n) is 13.9. The second-order valence-corrected chi connectivity index (χ2v) is 11.4. The van der Waals surface area contributed by atoms with Crippen LogP contribution in [0.5, 0.6) is 23.0 Å². The molecule has 4 aromatic rings. The maximum atomic E-state index is 14.3. The van der Waals surface area contributed by atoms with Crippen molar-refractivity contribution in [1.29, 1.82) is 5.26 Å². The minimum absolute atomic E-state index is 0.0524. The van der Waals surface area contributed by atoms with Gasteiger partial charge in [0.15, 0.2) is 23.0 Å². The number of methoxy groups -OCH3 is 4. The summed E-state index contributed by atoms with van der Waals surface area (Å²) in [6.07, 6.45) is 1.68. The summed E-state index contributed by atoms with van der Waals surface area (Å²) in [5.74, 6) is 0.487. The number of fused-ring (bicyclic) bond motifs is 1. The van der Waals surface area contributed by atoms with E-state index in [0.717, 1.165) is 22.5 Å². The average Bonchev–Trinajstić information content (AvgIpc) is 3.34. The number of anilines is 1. The van der Waals surface area contributed by atoms with Gasteiger partial charge in [0, 0.05) is 5.69 Å². The predicted molar refractivity (Wildman–Crippen MR) is 174 cm³/mol. The van der Waals surface area contributed by atoms with Crippen molar-refractivity contribution < 1.29 is 23.7 Å². The molecule has 5 rings (SSSR count). The summed E-state index contributed by atoms with van der Waals surface area (Å²) in [7, 11) is 6.09. The number of rotatable bonds is 8. The van der Waals surface area contributed by atoms with Gasteiger partial charge in [-0.3, -0.25) is 14.2 Å². The highest BCUT2D eigenvalue weighted by Gasteiger charge is 2.36. The Bertz CT molecular complexity index is 2070. The van der Waals surface area contributed by atoms with Gasteiger partial charge in [-0.15, -0.1) is 11.3 Å². The number of carbonyl (C=O) groups is 1. The SMILES string of the molecule is COc1ccc(/C=c2\sc3n(c2=O)C(N)=C(C#N)C(c2ccc(OC)c(OC)c2)C=3C(=O)Nc2cc(C)cc(C)c2)cc1OC. The van der Waals surface area contributed by atoms with Crippen molar-refractivity contribution in [1.82, 2.24) is 4.57 Å². The van der Waals surface area contributed by atoms with Gasteiger partial charge in [0.25, 0.3) is 11.5 Å². The Hall–Kier alpha value is -5.47. The fourth-order valence-corrected chi connectivity index (χ4v) is 6.65. The lowest BCUT2D eigenvalue weighted by molar-refractivity contribution is -0.111. The summed E-state index contributed by atoms with van der Waals surface area (Å²) in [5.41, 5.74) is 10.1. The van der Waals surface area contributed by atoms with Crippen LogP contribution in [-0.2, 0) is 4.79 Å². The van der Waals surface area contributed by atoms with Gasteiger partial charge in [-0.2, -0.15) is 5.26 Å². The van der Waals surface area contributed by atoms with Gasteiger partial charge in [0.05, 0.1) is 56.1 Å². The van der Waals surface area contributed by atoms with E-state index >= 15 is 0 Å². The molecule has 0 radical (unpaired) electrons. The molecule has 11 heteroatoms. The summed E-state index contributed by atoms with van der Waals surface area (Å²) >= 11 is 1.11. The maximum absolute atomic E-state index is 14.3. The fourth-order valence-electron chi connectivity index (χ4n) is 5.47. The number of hydrogen-bond donors (Lipinski definition) is 2. The van der Waals surface area contributed by atoms with E-state index in [4.69, 9.17) is 24.7 Å². The number of nitrogens with zero attached hydrogens (tertiary/aromatic N) is 2. The summed E-state index contributed by atoms with van der Waals surface area (Å²) in [6, 6.07) is 18.3. The van der Waals surface area contributed by atoms with Gasteiger partial charge >= 0.3 is 0 Å². The molecule has 1 aromatic heterocycles. The first-order chi connectivity index (χ1) is 21.6. The summed E-state index contributed by atoms with van der Waals surface area (Å²) in [6.45, 7) is 3.88. The Balaban J connectivity index is 1.81. The molecule has 0 fully saturated rings. The molecule has 1 aliphatic heterocycles. The van der Waals surface area contributed by atoms with Gasteiger partial charge < -0.3 is 30.0 Å². The Kier molecular flexibility index (Phi) is 8.70. The van der Waals surface area contributed by atoms with Crippen molar-refractivity contribution in [2.45, 2.75) is 19.8 Å². The van der Waals surface area contributed by atoms with E-state index in [-0.39, 0.29) is 17.0 Å². The monoisotopic (exact) mass is 624 g/mol. The summed E-state index contributed by atoms with van der Waals surface area (Å²) in [4.78, 5) is 28.2. The topological polar surface area (TPSA) is 138 Å². The predicted octanol–water partition coefficient (Wildman–Crippen LogP) is 3.63. The quantitative estimate of drug-likeness (QED) is 0.303. The van der Waals surface area contributed by atoms with Crippen molar-refractivity contribution in [2.75, 3.05) is 33.8 Å². The number of benzene rings is 3. The minimum atomic E-state index is -0.910. The van der Waals surface area contributed by atoms with Crippen LogP contribution in [0, 0.1) is 25.2 Å². The number of ether oxygens (including phenoxy) is 4. The van der Waals surface area contributed by atoms with E-state index in [2.05, 4.69) is 11.4 Å². The van der Waals surface area contributed by atoms with Crippen LogP contribution in [0.4, 0.5) is 5.69 Å². The summed E-state index contributed by atoms with van der Waals surface area (Å²) in [5, 5.41) is 13.4. The molecule has 10 nitrogen and oxygen atoms in total. The lowest BCUT2D eigenvalue weighted by Gasteiger charge is -2.26. The number of thiazole rings is 1. The van der Waals surface area contributed by atoms with Crippen molar-refractivity contribution in [3.8, 4) is 29.1 Å². The molecule has 1 amide bonds. The van der Waals surface area contributed by atoms with Crippen molar-refractivity contribution in [3.05, 3.63) is 102 Å². The van der Waals surface area contributed by atoms with Crippen molar-refractivity contribution in [3.63, 3.8) is 0 Å². The molecule has 2 heterocycles. The fraction of sp³-hybridized carbons (Fsp3) is 0.206. The Morgan fingerprint density at radius 2 is 1.51 bits per heavy atom. The largest absolute Gasteiger partial charge is 0.493 e. The average molecular weight is 625 g/mol. The number of nitrogens with one attached hydrogen (secondary N) is 1. The van der Waals surface area contributed by atoms with Gasteiger partial charge in [-0.05, 0) is 78.6 Å². The van der Waals surface area contributed by atoms with E-state index in [9.17, 15) is 14.9 Å². The van der Waals surface area contributed by atoms with Crippen LogP contribution < -0.4 is 44.8 Å². The van der Waals surface area contributed by atoms with Gasteiger partial charge in [0.1, 0.15) is 10.5 Å². The zero-order valence-corrected chi connectivity index (χ0v) is 26.5. The molecule has 0 saturated heterocycles. The molecule has 3 aromatic carbocycles. The first kappa shape index (κ1) is 31.0. The number of amides is 1. The minimum Gasteiger partial charge on any atom is -0.493 e. The lowest BCUT2D eigenvalue weighted by Crippen LogP contribution is -2.40. The third-order valence-corrected chi connectivity index (χ3v) is 8.55. The van der Waals surface area contributed by atoms with E-state index in [1.165, 1.54) is 33.0 Å². The number of aromatic nitrogens is 1. The Labute approximate surface area is 263 Å². The number of nitrogens with two attached hydrogens (primary N) is 1. The number of allylic oxidation sites excluding steroid dienone is 1. The number of hydrogen-bond acceptors (Lipinski definition) is 9. The molecular weight excluding hydrogens is 592 g/mol. The highest BCUT2D eigenvalue weighted by atomic mass is 32.1. The maximum Gasteiger partial charge on any atom is 0.274 e. The third kappa shape index (κ3) is 5.75. The van der Waals surface area contributed by atoms with Gasteiger partial charge in [-0.25, -0.2) is 0 Å². The van der Waals surface area contributed by atoms with Crippen LogP contribution in [-0.4, -0.2) is 38.9 Å². The highest BCUT2D eigenvalue weighted by molar-refractivity contribution is 7.07. The zero-order chi connectivity index (χ0) is 32.4. The molecule has 0 aliphatic carbocycles. The number of carbonyl (C=O) groups excluding carboxylic acids is 1. The van der Waals surface area contributed by atoms with Crippen LogP contribution >= 0.6 is 11.3 Å². The molecule has 1 aliphatic rings. The van der Waals surface area contributed by atoms with E-state index in [0.29, 0.717) is 49.0 Å². The van der Waals surface area contributed by atoms with Crippen LogP contribution in [0.2, 0.25) is 0 Å². The van der Waals surface area contributed by atoms with Crippen molar-refractivity contribution in [2.24, 2.45) is 5.73 Å². The third-order valence-electron chi connectivity index (χ3n) is 7.44. The highest BCUT2D eigenvalue weighted by Crippen LogP contribution is 2.40. The molecule has 0 bridgehead atoms. The molecule has 3 N–H and O–H groups in total. The molecular formula is C34H32N4O6S. The zero-order valence-electron chi connectivity index (χ0n) is 25.7. The number of nitriles is 1. The normalized spacial score (nSPS) is 14.5. The van der Waals surface area contributed by atoms with Gasteiger partial charge in [-0.1, -0.05) is 18.2 Å². The van der Waals surface area contributed by atoms with Crippen LogP contribution in [0.3, 0.4) is 0 Å². The van der Waals surface area contributed by atoms with E-state index in [1.807, 2.05) is 32.0 Å². The first-order valence-corrected chi connectivity index (χ1v) is 14.7. The van der Waals surface area contributed by atoms with Crippen molar-refractivity contribution >= 4 is 40.4 Å².